The quantitative estimate of drug-likeness (QED) is 0.737. The molecule has 4 rings (SSSR count). The van der Waals surface area contributed by atoms with Crippen LogP contribution in [0, 0.1) is 13.8 Å². The molecule has 174 valence electrons. The SMILES string of the molecule is Cc1cc(C(=O)N2CCCCNC(=O)CC3CCCCN3CCC2)c2c(C)nn(C)c2n1. The van der Waals surface area contributed by atoms with Gasteiger partial charge in [0.05, 0.1) is 16.6 Å². The van der Waals surface area contributed by atoms with E-state index in [9.17, 15) is 9.59 Å². The van der Waals surface area contributed by atoms with Gasteiger partial charge >= 0.3 is 0 Å². The normalized spacial score (nSPS) is 21.9. The van der Waals surface area contributed by atoms with Gasteiger partial charge in [-0.25, -0.2) is 4.98 Å². The highest BCUT2D eigenvalue weighted by Gasteiger charge is 2.26. The highest BCUT2D eigenvalue weighted by Crippen LogP contribution is 2.24. The molecule has 4 heterocycles. The number of piperidine rings is 1. The second-order valence-corrected chi connectivity index (χ2v) is 9.31. The van der Waals surface area contributed by atoms with Gasteiger partial charge in [-0.05, 0) is 58.6 Å². The first kappa shape index (κ1) is 22.7. The Morgan fingerprint density at radius 3 is 2.66 bits per heavy atom. The van der Waals surface area contributed by atoms with Gasteiger partial charge in [0, 0.05) is 51.4 Å². The van der Waals surface area contributed by atoms with Crippen LogP contribution in [-0.4, -0.2) is 75.1 Å². The Morgan fingerprint density at radius 2 is 1.81 bits per heavy atom. The van der Waals surface area contributed by atoms with E-state index in [4.69, 9.17) is 0 Å². The van der Waals surface area contributed by atoms with E-state index in [1.807, 2.05) is 31.9 Å². The van der Waals surface area contributed by atoms with Crippen molar-refractivity contribution in [1.29, 1.82) is 0 Å². The molecule has 2 aliphatic heterocycles. The number of aromatic nitrogens is 3. The molecule has 8 nitrogen and oxygen atoms in total. The Hall–Kier alpha value is -2.48. The monoisotopic (exact) mass is 440 g/mol. The number of hydrogen-bond acceptors (Lipinski definition) is 5. The van der Waals surface area contributed by atoms with Crippen LogP contribution in [0.2, 0.25) is 0 Å². The molecule has 2 aromatic rings. The van der Waals surface area contributed by atoms with Gasteiger partial charge in [0.1, 0.15) is 0 Å². The lowest BCUT2D eigenvalue weighted by Crippen LogP contribution is -2.44. The third kappa shape index (κ3) is 4.95. The molecule has 0 radical (unpaired) electrons. The van der Waals surface area contributed by atoms with Gasteiger partial charge in [0.15, 0.2) is 5.65 Å². The van der Waals surface area contributed by atoms with Crippen LogP contribution < -0.4 is 5.32 Å². The van der Waals surface area contributed by atoms with E-state index in [-0.39, 0.29) is 11.8 Å². The Balaban J connectivity index is 1.56. The number of nitrogens with zero attached hydrogens (tertiary/aromatic N) is 5. The molecule has 8 heteroatoms. The minimum Gasteiger partial charge on any atom is -0.356 e. The maximum absolute atomic E-state index is 13.7. The van der Waals surface area contributed by atoms with E-state index in [0.29, 0.717) is 31.1 Å². The second-order valence-electron chi connectivity index (χ2n) is 9.31. The Labute approximate surface area is 190 Å². The molecule has 0 saturated carbocycles. The molecule has 2 fully saturated rings. The second kappa shape index (κ2) is 9.98. The van der Waals surface area contributed by atoms with Gasteiger partial charge in [0.25, 0.3) is 5.91 Å². The minimum atomic E-state index is 0.0608. The predicted molar refractivity (Wildman–Crippen MR) is 125 cm³/mol. The fourth-order valence-electron chi connectivity index (χ4n) is 5.22. The summed E-state index contributed by atoms with van der Waals surface area (Å²) in [6, 6.07) is 2.23. The molecule has 0 spiro atoms. The number of amides is 2. The minimum absolute atomic E-state index is 0.0608. The first-order valence-corrected chi connectivity index (χ1v) is 12.0. The Morgan fingerprint density at radius 1 is 1.06 bits per heavy atom. The smallest absolute Gasteiger partial charge is 0.254 e. The number of pyridine rings is 1. The summed E-state index contributed by atoms with van der Waals surface area (Å²) in [6.45, 7) is 7.94. The van der Waals surface area contributed by atoms with Crippen LogP contribution in [0.15, 0.2) is 6.07 Å². The predicted octanol–water partition coefficient (Wildman–Crippen LogP) is 2.57. The van der Waals surface area contributed by atoms with E-state index < -0.39 is 0 Å². The standard InChI is InChI=1S/C24H36N6O2/c1-17-15-20(22-18(2)27-28(3)23(22)26-17)24(32)30-12-7-5-10-25-21(31)16-19-9-4-6-11-29(19)13-8-14-30/h15,19H,4-14,16H2,1-3H3,(H,25,31). The van der Waals surface area contributed by atoms with Gasteiger partial charge in [-0.3, -0.25) is 19.2 Å². The number of fused-ring (bicyclic) bond motifs is 2. The summed E-state index contributed by atoms with van der Waals surface area (Å²) >= 11 is 0. The molecule has 2 amide bonds. The van der Waals surface area contributed by atoms with Crippen LogP contribution in [-0.2, 0) is 11.8 Å². The summed E-state index contributed by atoms with van der Waals surface area (Å²) < 4.78 is 1.76. The number of hydrogen-bond donors (Lipinski definition) is 1. The highest BCUT2D eigenvalue weighted by atomic mass is 16.2. The molecular weight excluding hydrogens is 404 g/mol. The molecule has 0 bridgehead atoms. The van der Waals surface area contributed by atoms with Crippen LogP contribution in [0.5, 0.6) is 0 Å². The van der Waals surface area contributed by atoms with Crippen LogP contribution >= 0.6 is 0 Å². The third-order valence-electron chi connectivity index (χ3n) is 6.83. The van der Waals surface area contributed by atoms with E-state index in [1.165, 1.54) is 12.8 Å². The zero-order valence-electron chi connectivity index (χ0n) is 19.7. The molecule has 0 aliphatic carbocycles. The summed E-state index contributed by atoms with van der Waals surface area (Å²) in [7, 11) is 1.87. The topological polar surface area (TPSA) is 83.4 Å². The molecule has 1 atom stereocenters. The summed E-state index contributed by atoms with van der Waals surface area (Å²) in [5.74, 6) is 0.224. The zero-order chi connectivity index (χ0) is 22.7. The molecule has 0 aromatic carbocycles. The Kier molecular flexibility index (Phi) is 7.08. The molecule has 1 unspecified atom stereocenters. The largest absolute Gasteiger partial charge is 0.356 e. The zero-order valence-corrected chi connectivity index (χ0v) is 19.7. The van der Waals surface area contributed by atoms with Crippen LogP contribution in [0.25, 0.3) is 11.0 Å². The molecule has 32 heavy (non-hydrogen) atoms. The lowest BCUT2D eigenvalue weighted by atomic mass is 9.98. The molecule has 2 saturated heterocycles. The number of aryl methyl sites for hydroxylation is 3. The van der Waals surface area contributed by atoms with E-state index in [2.05, 4.69) is 20.3 Å². The lowest BCUT2D eigenvalue weighted by molar-refractivity contribution is -0.122. The van der Waals surface area contributed by atoms with Crippen molar-refractivity contribution in [2.24, 2.45) is 7.05 Å². The van der Waals surface area contributed by atoms with E-state index in [1.54, 1.807) is 4.68 Å². The average molecular weight is 441 g/mol. The molecular formula is C24H36N6O2. The van der Waals surface area contributed by atoms with Gasteiger partial charge in [-0.1, -0.05) is 6.42 Å². The van der Waals surface area contributed by atoms with Crippen molar-refractivity contribution in [1.82, 2.24) is 29.9 Å². The average Bonchev–Trinajstić information content (AvgIpc) is 3.05. The molecule has 1 N–H and O–H groups in total. The highest BCUT2D eigenvalue weighted by molar-refractivity contribution is 6.06. The van der Waals surface area contributed by atoms with Crippen molar-refractivity contribution in [3.8, 4) is 0 Å². The van der Waals surface area contributed by atoms with Gasteiger partial charge < -0.3 is 10.2 Å². The molecule has 2 aliphatic rings. The maximum Gasteiger partial charge on any atom is 0.254 e. The summed E-state index contributed by atoms with van der Waals surface area (Å²) in [4.78, 5) is 35.2. The first-order valence-electron chi connectivity index (χ1n) is 12.0. The fourth-order valence-corrected chi connectivity index (χ4v) is 5.22. The van der Waals surface area contributed by atoms with Gasteiger partial charge in [0.2, 0.25) is 5.91 Å². The van der Waals surface area contributed by atoms with Crippen molar-refractivity contribution < 1.29 is 9.59 Å². The van der Waals surface area contributed by atoms with Gasteiger partial charge in [-0.15, -0.1) is 0 Å². The fraction of sp³-hybridized carbons (Fsp3) is 0.667. The first-order chi connectivity index (χ1) is 15.4. The van der Waals surface area contributed by atoms with E-state index >= 15 is 0 Å². The van der Waals surface area contributed by atoms with Crippen molar-refractivity contribution in [3.05, 3.63) is 23.0 Å². The van der Waals surface area contributed by atoms with Crippen molar-refractivity contribution in [2.75, 3.05) is 32.7 Å². The number of carbonyl (C=O) groups is 2. The maximum atomic E-state index is 13.7. The number of carbonyl (C=O) groups excluding carboxylic acids is 2. The summed E-state index contributed by atoms with van der Waals surface area (Å²) in [5.41, 5.74) is 3.12. The number of rotatable bonds is 1. The van der Waals surface area contributed by atoms with Crippen molar-refractivity contribution in [3.63, 3.8) is 0 Å². The van der Waals surface area contributed by atoms with Gasteiger partial charge in [-0.2, -0.15) is 5.10 Å². The lowest BCUT2D eigenvalue weighted by Gasteiger charge is -2.35. The van der Waals surface area contributed by atoms with Crippen LogP contribution in [0.3, 0.4) is 0 Å². The molecule has 2 aromatic heterocycles. The van der Waals surface area contributed by atoms with E-state index in [0.717, 1.165) is 67.7 Å². The summed E-state index contributed by atoms with van der Waals surface area (Å²) in [6.07, 6.45) is 6.74. The van der Waals surface area contributed by atoms with Crippen molar-refractivity contribution >= 4 is 22.8 Å². The number of nitrogens with one attached hydrogen (secondary N) is 1. The third-order valence-corrected chi connectivity index (χ3v) is 6.83. The Bertz CT molecular complexity index is 985. The van der Waals surface area contributed by atoms with Crippen LogP contribution in [0.4, 0.5) is 0 Å². The van der Waals surface area contributed by atoms with Crippen LogP contribution in [0.1, 0.15) is 66.7 Å². The summed E-state index contributed by atoms with van der Waals surface area (Å²) in [5, 5.41) is 8.44. The van der Waals surface area contributed by atoms with Crippen molar-refractivity contribution in [2.45, 2.75) is 64.8 Å².